The van der Waals surface area contributed by atoms with Crippen molar-refractivity contribution in [1.82, 2.24) is 5.32 Å². The lowest BCUT2D eigenvalue weighted by Gasteiger charge is -2.14. The summed E-state index contributed by atoms with van der Waals surface area (Å²) in [5, 5.41) is 3.41. The average Bonchev–Trinajstić information content (AvgIpc) is 2.66. The van der Waals surface area contributed by atoms with Crippen LogP contribution in [0.1, 0.15) is 15.9 Å². The molecule has 2 aromatic rings. The van der Waals surface area contributed by atoms with Crippen LogP contribution in [0.2, 0.25) is 5.02 Å². The first-order valence-electron chi connectivity index (χ1n) is 7.94. The summed E-state index contributed by atoms with van der Waals surface area (Å²) >= 11 is 6.11. The van der Waals surface area contributed by atoms with Crippen molar-refractivity contribution in [3.63, 3.8) is 0 Å². The Kier molecular flexibility index (Phi) is 6.97. The highest BCUT2D eigenvalue weighted by molar-refractivity contribution is 6.32. The molecular weight excluding hydrogens is 358 g/mol. The van der Waals surface area contributed by atoms with Crippen LogP contribution in [0.25, 0.3) is 0 Å². The standard InChI is InChI=1S/C19H22ClNO5/c1-23-15-6-5-12(9-14(15)20)7-8-21-19(22)13-10-16(24-2)18(26-4)17(11-13)25-3/h5-6,9-11H,7-8H2,1-4H3,(H,21,22). The third kappa shape index (κ3) is 4.52. The van der Waals surface area contributed by atoms with E-state index in [1.54, 1.807) is 25.3 Å². The molecule has 1 N–H and O–H groups in total. The summed E-state index contributed by atoms with van der Waals surface area (Å²) in [6, 6.07) is 8.77. The molecule has 2 rings (SSSR count). The molecular formula is C19H22ClNO5. The Morgan fingerprint density at radius 1 is 0.923 bits per heavy atom. The Hall–Kier alpha value is -2.60. The Labute approximate surface area is 158 Å². The van der Waals surface area contributed by atoms with Gasteiger partial charge in [0.15, 0.2) is 11.5 Å². The first-order valence-corrected chi connectivity index (χ1v) is 8.32. The summed E-state index contributed by atoms with van der Waals surface area (Å²) < 4.78 is 20.9. The number of halogens is 1. The zero-order chi connectivity index (χ0) is 19.1. The molecule has 140 valence electrons. The van der Waals surface area contributed by atoms with E-state index in [0.717, 1.165) is 5.56 Å². The molecule has 0 aliphatic heterocycles. The van der Waals surface area contributed by atoms with Gasteiger partial charge in [-0.15, -0.1) is 0 Å². The van der Waals surface area contributed by atoms with E-state index in [1.165, 1.54) is 21.3 Å². The molecule has 1 amide bonds. The topological polar surface area (TPSA) is 66.0 Å². The third-order valence-corrected chi connectivity index (χ3v) is 4.14. The Balaban J connectivity index is 2.05. The van der Waals surface area contributed by atoms with Gasteiger partial charge in [-0.1, -0.05) is 17.7 Å². The number of carbonyl (C=O) groups excluding carboxylic acids is 1. The van der Waals surface area contributed by atoms with Crippen LogP contribution in [-0.4, -0.2) is 40.9 Å². The second-order valence-corrected chi connectivity index (χ2v) is 5.80. The van der Waals surface area contributed by atoms with E-state index in [-0.39, 0.29) is 5.91 Å². The van der Waals surface area contributed by atoms with Crippen molar-refractivity contribution in [3.05, 3.63) is 46.5 Å². The smallest absolute Gasteiger partial charge is 0.251 e. The molecule has 6 nitrogen and oxygen atoms in total. The van der Waals surface area contributed by atoms with Crippen molar-refractivity contribution in [3.8, 4) is 23.0 Å². The van der Waals surface area contributed by atoms with Crippen molar-refractivity contribution in [2.75, 3.05) is 35.0 Å². The van der Waals surface area contributed by atoms with Gasteiger partial charge in [-0.3, -0.25) is 4.79 Å². The van der Waals surface area contributed by atoms with E-state index in [1.807, 2.05) is 12.1 Å². The number of carbonyl (C=O) groups is 1. The van der Waals surface area contributed by atoms with Crippen molar-refractivity contribution >= 4 is 17.5 Å². The molecule has 7 heteroatoms. The van der Waals surface area contributed by atoms with Crippen molar-refractivity contribution in [2.24, 2.45) is 0 Å². The van der Waals surface area contributed by atoms with Gasteiger partial charge in [-0.25, -0.2) is 0 Å². The molecule has 0 aliphatic carbocycles. The predicted octanol–water partition coefficient (Wildman–Crippen LogP) is 3.35. The van der Waals surface area contributed by atoms with Crippen molar-refractivity contribution < 1.29 is 23.7 Å². The second-order valence-electron chi connectivity index (χ2n) is 5.39. The summed E-state index contributed by atoms with van der Waals surface area (Å²) in [5.41, 5.74) is 1.42. The molecule has 0 aliphatic rings. The Morgan fingerprint density at radius 2 is 1.54 bits per heavy atom. The minimum absolute atomic E-state index is 0.233. The van der Waals surface area contributed by atoms with E-state index < -0.39 is 0 Å². The maximum Gasteiger partial charge on any atom is 0.251 e. The lowest BCUT2D eigenvalue weighted by molar-refractivity contribution is 0.0953. The van der Waals surface area contributed by atoms with Crippen LogP contribution in [0.15, 0.2) is 30.3 Å². The second kappa shape index (κ2) is 9.20. The molecule has 0 spiro atoms. The first kappa shape index (κ1) is 19.7. The minimum Gasteiger partial charge on any atom is -0.495 e. The van der Waals surface area contributed by atoms with Gasteiger partial charge in [0.2, 0.25) is 5.75 Å². The summed E-state index contributed by atoms with van der Waals surface area (Å²) in [5.74, 6) is 1.69. The molecule has 26 heavy (non-hydrogen) atoms. The molecule has 0 heterocycles. The maximum absolute atomic E-state index is 12.4. The largest absolute Gasteiger partial charge is 0.495 e. The highest BCUT2D eigenvalue weighted by Gasteiger charge is 2.16. The quantitative estimate of drug-likeness (QED) is 0.762. The fourth-order valence-electron chi connectivity index (χ4n) is 2.50. The first-order chi connectivity index (χ1) is 12.5. The number of amides is 1. The van der Waals surface area contributed by atoms with Crippen molar-refractivity contribution in [2.45, 2.75) is 6.42 Å². The van der Waals surface area contributed by atoms with Crippen LogP contribution >= 0.6 is 11.6 Å². The van der Waals surface area contributed by atoms with Gasteiger partial charge in [-0.2, -0.15) is 0 Å². The van der Waals surface area contributed by atoms with Gasteiger partial charge >= 0.3 is 0 Å². The van der Waals surface area contributed by atoms with Crippen LogP contribution in [-0.2, 0) is 6.42 Å². The SMILES string of the molecule is COc1ccc(CCNC(=O)c2cc(OC)c(OC)c(OC)c2)cc1Cl. The molecule has 0 aromatic heterocycles. The van der Waals surface area contributed by atoms with E-state index in [4.69, 9.17) is 30.5 Å². The van der Waals surface area contributed by atoms with Crippen LogP contribution in [0.3, 0.4) is 0 Å². The molecule has 0 radical (unpaired) electrons. The van der Waals surface area contributed by atoms with E-state index in [0.29, 0.717) is 46.5 Å². The lowest BCUT2D eigenvalue weighted by Crippen LogP contribution is -2.25. The number of hydrogen-bond donors (Lipinski definition) is 1. The highest BCUT2D eigenvalue weighted by Crippen LogP contribution is 2.38. The summed E-state index contributed by atoms with van der Waals surface area (Å²) in [6.07, 6.45) is 0.639. The van der Waals surface area contributed by atoms with E-state index in [2.05, 4.69) is 5.32 Å². The summed E-state index contributed by atoms with van der Waals surface area (Å²) in [6.45, 7) is 0.456. The zero-order valence-electron chi connectivity index (χ0n) is 15.2. The third-order valence-electron chi connectivity index (χ3n) is 3.84. The van der Waals surface area contributed by atoms with Gasteiger partial charge < -0.3 is 24.3 Å². The fraction of sp³-hybridized carbons (Fsp3) is 0.316. The number of benzene rings is 2. The number of hydrogen-bond acceptors (Lipinski definition) is 5. The number of rotatable bonds is 8. The van der Waals surface area contributed by atoms with Gasteiger partial charge in [0, 0.05) is 12.1 Å². The zero-order valence-corrected chi connectivity index (χ0v) is 16.0. The van der Waals surface area contributed by atoms with E-state index >= 15 is 0 Å². The van der Waals surface area contributed by atoms with Crippen LogP contribution < -0.4 is 24.3 Å². The summed E-state index contributed by atoms with van der Waals surface area (Å²) in [7, 11) is 6.09. The molecule has 0 atom stereocenters. The number of nitrogens with one attached hydrogen (secondary N) is 1. The highest BCUT2D eigenvalue weighted by atomic mass is 35.5. The van der Waals surface area contributed by atoms with Gasteiger partial charge in [-0.05, 0) is 36.2 Å². The molecule has 0 saturated carbocycles. The van der Waals surface area contributed by atoms with Crippen LogP contribution in [0, 0.1) is 0 Å². The van der Waals surface area contributed by atoms with Gasteiger partial charge in [0.25, 0.3) is 5.91 Å². The molecule has 0 fully saturated rings. The predicted molar refractivity (Wildman–Crippen MR) is 100 cm³/mol. The molecule has 2 aromatic carbocycles. The van der Waals surface area contributed by atoms with E-state index in [9.17, 15) is 4.79 Å². The Morgan fingerprint density at radius 3 is 2.04 bits per heavy atom. The normalized spacial score (nSPS) is 10.2. The maximum atomic E-state index is 12.4. The lowest BCUT2D eigenvalue weighted by atomic mass is 10.1. The van der Waals surface area contributed by atoms with Crippen molar-refractivity contribution in [1.29, 1.82) is 0 Å². The number of methoxy groups -OCH3 is 4. The summed E-state index contributed by atoms with van der Waals surface area (Å²) in [4.78, 5) is 12.4. The minimum atomic E-state index is -0.233. The molecule has 0 bridgehead atoms. The van der Waals surface area contributed by atoms with Gasteiger partial charge in [0.05, 0.1) is 33.5 Å². The fourth-order valence-corrected chi connectivity index (χ4v) is 2.78. The molecule has 0 unspecified atom stereocenters. The monoisotopic (exact) mass is 379 g/mol. The Bertz CT molecular complexity index is 754. The molecule has 0 saturated heterocycles. The van der Waals surface area contributed by atoms with Gasteiger partial charge in [0.1, 0.15) is 5.75 Å². The van der Waals surface area contributed by atoms with Crippen LogP contribution in [0.5, 0.6) is 23.0 Å². The average molecular weight is 380 g/mol. The number of ether oxygens (including phenoxy) is 4. The van der Waals surface area contributed by atoms with Crippen LogP contribution in [0.4, 0.5) is 0 Å².